The predicted octanol–water partition coefficient (Wildman–Crippen LogP) is 5.91. The van der Waals surface area contributed by atoms with Gasteiger partial charge in [-0.05, 0) is 80.8 Å². The van der Waals surface area contributed by atoms with E-state index in [2.05, 4.69) is 5.32 Å². The molecule has 0 unspecified atom stereocenters. The van der Waals surface area contributed by atoms with Crippen molar-refractivity contribution in [3.05, 3.63) is 84.4 Å². The molecule has 3 aromatic carbocycles. The third kappa shape index (κ3) is 8.35. The van der Waals surface area contributed by atoms with E-state index in [9.17, 15) is 18.0 Å². The van der Waals surface area contributed by atoms with Crippen molar-refractivity contribution in [2.45, 2.75) is 74.2 Å². The fourth-order valence-electron chi connectivity index (χ4n) is 5.59. The summed E-state index contributed by atoms with van der Waals surface area (Å²) in [7, 11) is -4.19. The third-order valence-electron chi connectivity index (χ3n) is 7.93. The Morgan fingerprint density at radius 3 is 2.25 bits per heavy atom. The molecule has 2 amide bonds. The molecule has 44 heavy (non-hydrogen) atoms. The highest BCUT2D eigenvalue weighted by atomic mass is 32.2. The minimum absolute atomic E-state index is 0.0660. The molecule has 1 aliphatic rings. The van der Waals surface area contributed by atoms with E-state index in [-0.39, 0.29) is 29.1 Å². The second kappa shape index (κ2) is 16.0. The molecule has 0 aliphatic heterocycles. The lowest BCUT2D eigenvalue weighted by atomic mass is 10.1. The van der Waals surface area contributed by atoms with Crippen molar-refractivity contribution in [3.8, 4) is 5.75 Å². The SMILES string of the molecule is CCOc1ccccc1N(CC(=O)N(CCc1ccccc1)[C@H](CC)C(=O)NC1CCCC1)S(=O)(=O)c1ccc(SC)cc1. The van der Waals surface area contributed by atoms with Gasteiger partial charge in [-0.1, -0.05) is 62.2 Å². The molecule has 0 aromatic heterocycles. The van der Waals surface area contributed by atoms with Gasteiger partial charge in [-0.25, -0.2) is 8.42 Å². The van der Waals surface area contributed by atoms with Crippen LogP contribution in [-0.2, 0) is 26.0 Å². The number of benzene rings is 3. The average Bonchev–Trinajstić information content (AvgIpc) is 3.55. The van der Waals surface area contributed by atoms with Crippen molar-refractivity contribution < 1.29 is 22.7 Å². The van der Waals surface area contributed by atoms with Gasteiger partial charge in [-0.15, -0.1) is 11.8 Å². The largest absolute Gasteiger partial charge is 0.492 e. The van der Waals surface area contributed by atoms with E-state index in [1.54, 1.807) is 53.4 Å². The van der Waals surface area contributed by atoms with Crippen LogP contribution < -0.4 is 14.4 Å². The van der Waals surface area contributed by atoms with Gasteiger partial charge in [0.05, 0.1) is 17.2 Å². The maximum atomic E-state index is 14.3. The quantitative estimate of drug-likeness (QED) is 0.208. The molecule has 0 saturated heterocycles. The number of anilines is 1. The van der Waals surface area contributed by atoms with E-state index in [1.807, 2.05) is 50.4 Å². The minimum Gasteiger partial charge on any atom is -0.492 e. The van der Waals surface area contributed by atoms with Crippen molar-refractivity contribution in [1.82, 2.24) is 10.2 Å². The van der Waals surface area contributed by atoms with E-state index in [1.165, 1.54) is 11.8 Å². The molecular formula is C34H43N3O5S2. The van der Waals surface area contributed by atoms with E-state index in [0.717, 1.165) is 40.4 Å². The lowest BCUT2D eigenvalue weighted by Crippen LogP contribution is -2.54. The summed E-state index contributed by atoms with van der Waals surface area (Å²) in [6, 6.07) is 22.6. The maximum absolute atomic E-state index is 14.3. The van der Waals surface area contributed by atoms with Crippen molar-refractivity contribution in [1.29, 1.82) is 0 Å². The molecule has 1 aliphatic carbocycles. The first-order valence-electron chi connectivity index (χ1n) is 15.3. The van der Waals surface area contributed by atoms with Crippen molar-refractivity contribution in [3.63, 3.8) is 0 Å². The van der Waals surface area contributed by atoms with E-state index in [4.69, 9.17) is 4.74 Å². The number of nitrogens with one attached hydrogen (secondary N) is 1. The summed E-state index contributed by atoms with van der Waals surface area (Å²) in [6.07, 6.45) is 6.84. The standard InChI is InChI=1S/C34H43N3O5S2/c1-4-30(34(39)35-27-15-9-10-16-27)36(24-23-26-13-7-6-8-14-26)33(38)25-37(31-17-11-12-18-32(31)42-5-2)44(40,41)29-21-19-28(43-3)20-22-29/h6-8,11-14,17-22,27,30H,4-5,9-10,15-16,23-25H2,1-3H3,(H,35,39)/t30-/m1/s1. The second-order valence-corrected chi connectivity index (χ2v) is 13.6. The monoisotopic (exact) mass is 637 g/mol. The Hall–Kier alpha value is -3.50. The molecule has 1 N–H and O–H groups in total. The zero-order valence-corrected chi connectivity index (χ0v) is 27.4. The lowest BCUT2D eigenvalue weighted by molar-refractivity contribution is -0.139. The van der Waals surface area contributed by atoms with Gasteiger partial charge in [-0.2, -0.15) is 0 Å². The zero-order valence-electron chi connectivity index (χ0n) is 25.8. The summed E-state index contributed by atoms with van der Waals surface area (Å²) in [6.45, 7) is 3.81. The smallest absolute Gasteiger partial charge is 0.264 e. The molecule has 8 nitrogen and oxygen atoms in total. The Morgan fingerprint density at radius 1 is 0.955 bits per heavy atom. The van der Waals surface area contributed by atoms with Crippen molar-refractivity contribution in [2.75, 3.05) is 30.3 Å². The van der Waals surface area contributed by atoms with Gasteiger partial charge in [0.15, 0.2) is 0 Å². The number of sulfonamides is 1. The molecule has 4 rings (SSSR count). The Bertz CT molecular complexity index is 1480. The molecule has 10 heteroatoms. The van der Waals surface area contributed by atoms with E-state index in [0.29, 0.717) is 25.2 Å². The number of para-hydroxylation sites is 2. The summed E-state index contributed by atoms with van der Waals surface area (Å²) in [5.74, 6) is -0.295. The molecule has 236 valence electrons. The van der Waals surface area contributed by atoms with Crippen LogP contribution in [0.3, 0.4) is 0 Å². The van der Waals surface area contributed by atoms with Crippen LogP contribution in [0, 0.1) is 0 Å². The third-order valence-corrected chi connectivity index (χ3v) is 10.4. The molecule has 0 heterocycles. The Balaban J connectivity index is 1.71. The predicted molar refractivity (Wildman–Crippen MR) is 177 cm³/mol. The van der Waals surface area contributed by atoms with Gasteiger partial charge >= 0.3 is 0 Å². The van der Waals surface area contributed by atoms with Gasteiger partial charge in [-0.3, -0.25) is 13.9 Å². The lowest BCUT2D eigenvalue weighted by Gasteiger charge is -2.34. The molecule has 0 bridgehead atoms. The maximum Gasteiger partial charge on any atom is 0.264 e. The van der Waals surface area contributed by atoms with Gasteiger partial charge in [0, 0.05) is 17.5 Å². The number of carbonyl (C=O) groups is 2. The molecule has 0 radical (unpaired) electrons. The van der Waals surface area contributed by atoms with E-state index >= 15 is 0 Å². The molecule has 1 fully saturated rings. The first-order chi connectivity index (χ1) is 21.3. The van der Waals surface area contributed by atoms with Gasteiger partial charge < -0.3 is 15.0 Å². The number of ether oxygens (including phenoxy) is 1. The van der Waals surface area contributed by atoms with Crippen molar-refractivity contribution in [2.24, 2.45) is 0 Å². The molecule has 3 aromatic rings. The van der Waals surface area contributed by atoms with Crippen molar-refractivity contribution >= 4 is 39.3 Å². The topological polar surface area (TPSA) is 96.0 Å². The van der Waals surface area contributed by atoms with Gasteiger partial charge in [0.25, 0.3) is 10.0 Å². The Morgan fingerprint density at radius 2 is 1.61 bits per heavy atom. The number of hydrogen-bond acceptors (Lipinski definition) is 6. The Labute approximate surface area is 266 Å². The van der Waals surface area contributed by atoms with Crippen LogP contribution in [0.25, 0.3) is 0 Å². The van der Waals surface area contributed by atoms with Crippen LogP contribution in [0.5, 0.6) is 5.75 Å². The van der Waals surface area contributed by atoms with Crippen LogP contribution in [0.4, 0.5) is 5.69 Å². The highest BCUT2D eigenvalue weighted by Gasteiger charge is 2.35. The van der Waals surface area contributed by atoms with Crippen LogP contribution in [0.1, 0.15) is 51.5 Å². The number of hydrogen-bond donors (Lipinski definition) is 1. The van der Waals surface area contributed by atoms with Crippen LogP contribution in [0.2, 0.25) is 0 Å². The fourth-order valence-corrected chi connectivity index (χ4v) is 7.43. The number of carbonyl (C=O) groups excluding carboxylic acids is 2. The first-order valence-corrected chi connectivity index (χ1v) is 18.0. The minimum atomic E-state index is -4.19. The first kappa shape index (κ1) is 33.4. The van der Waals surface area contributed by atoms with Crippen LogP contribution in [0.15, 0.2) is 88.7 Å². The molecule has 1 saturated carbocycles. The fraction of sp³-hybridized carbons (Fsp3) is 0.412. The summed E-state index contributed by atoms with van der Waals surface area (Å²) in [4.78, 5) is 30.5. The van der Waals surface area contributed by atoms with Gasteiger partial charge in [0.1, 0.15) is 18.3 Å². The number of nitrogens with zero attached hydrogens (tertiary/aromatic N) is 2. The summed E-state index contributed by atoms with van der Waals surface area (Å²) >= 11 is 1.51. The van der Waals surface area contributed by atoms with Crippen LogP contribution in [-0.4, -0.2) is 63.2 Å². The number of amides is 2. The highest BCUT2D eigenvalue weighted by molar-refractivity contribution is 7.98. The molecule has 1 atom stereocenters. The number of rotatable bonds is 15. The summed E-state index contributed by atoms with van der Waals surface area (Å²) in [5, 5.41) is 3.15. The molecular weight excluding hydrogens is 595 g/mol. The number of thioether (sulfide) groups is 1. The zero-order chi connectivity index (χ0) is 31.5. The summed E-state index contributed by atoms with van der Waals surface area (Å²) in [5.41, 5.74) is 1.29. The molecule has 0 spiro atoms. The van der Waals surface area contributed by atoms with E-state index < -0.39 is 28.5 Å². The highest BCUT2D eigenvalue weighted by Crippen LogP contribution is 2.33. The second-order valence-electron chi connectivity index (χ2n) is 10.8. The average molecular weight is 638 g/mol. The normalized spacial score (nSPS) is 14.2. The summed E-state index contributed by atoms with van der Waals surface area (Å²) < 4.78 is 35.4. The Kier molecular flexibility index (Phi) is 12.1. The van der Waals surface area contributed by atoms with Gasteiger partial charge in [0.2, 0.25) is 11.8 Å². The van der Waals surface area contributed by atoms with Crippen LogP contribution >= 0.6 is 11.8 Å².